The first-order valence-corrected chi connectivity index (χ1v) is 3.50. The third kappa shape index (κ3) is 0.662. The molecule has 0 atom stereocenters. The standard InChI is InChI=1S/C5H3N7O/c13-4-2-3(7-1-6-2)12-5(8-4)9-10-11-12/h1H,(H,6,7)(H,8,9,11,13). The van der Waals surface area contributed by atoms with E-state index in [1.54, 1.807) is 0 Å². The Morgan fingerprint density at radius 1 is 1.46 bits per heavy atom. The molecule has 3 rings (SSSR count). The van der Waals surface area contributed by atoms with E-state index in [0.29, 0.717) is 11.2 Å². The molecule has 0 aliphatic heterocycles. The van der Waals surface area contributed by atoms with Crippen molar-refractivity contribution >= 4 is 16.9 Å². The van der Waals surface area contributed by atoms with Crippen molar-refractivity contribution in [3.63, 3.8) is 0 Å². The van der Waals surface area contributed by atoms with E-state index in [4.69, 9.17) is 0 Å². The van der Waals surface area contributed by atoms with Gasteiger partial charge >= 0.3 is 0 Å². The largest absolute Gasteiger partial charge is 0.339 e. The predicted molar refractivity (Wildman–Crippen MR) is 41.1 cm³/mol. The second kappa shape index (κ2) is 1.91. The van der Waals surface area contributed by atoms with Gasteiger partial charge in [-0.05, 0) is 10.4 Å². The maximum Gasteiger partial charge on any atom is 0.278 e. The molecule has 0 fully saturated rings. The summed E-state index contributed by atoms with van der Waals surface area (Å²) in [5, 5.41) is 10.7. The van der Waals surface area contributed by atoms with Crippen LogP contribution in [0.1, 0.15) is 0 Å². The molecule has 3 aromatic heterocycles. The SMILES string of the molecule is O=c1[nH]c2nnnn2c2nc[nH]c12. The molecular formula is C5H3N7O. The Hall–Kier alpha value is -2.25. The lowest BCUT2D eigenvalue weighted by molar-refractivity contribution is 0.834. The highest BCUT2D eigenvalue weighted by Gasteiger charge is 2.08. The van der Waals surface area contributed by atoms with Gasteiger partial charge in [-0.1, -0.05) is 5.10 Å². The van der Waals surface area contributed by atoms with Crippen LogP contribution in [0.5, 0.6) is 0 Å². The van der Waals surface area contributed by atoms with Gasteiger partial charge in [0, 0.05) is 0 Å². The molecule has 13 heavy (non-hydrogen) atoms. The van der Waals surface area contributed by atoms with Gasteiger partial charge in [0.25, 0.3) is 11.3 Å². The number of hydrogen-bond acceptors (Lipinski definition) is 5. The lowest BCUT2D eigenvalue weighted by atomic mass is 10.5. The van der Waals surface area contributed by atoms with Gasteiger partial charge in [-0.15, -0.1) is 0 Å². The van der Waals surface area contributed by atoms with Gasteiger partial charge in [-0.25, -0.2) is 4.98 Å². The molecule has 0 aromatic carbocycles. The van der Waals surface area contributed by atoms with Crippen molar-refractivity contribution in [2.24, 2.45) is 0 Å². The number of rotatable bonds is 0. The van der Waals surface area contributed by atoms with E-state index in [1.165, 1.54) is 10.8 Å². The fourth-order valence-corrected chi connectivity index (χ4v) is 1.19. The number of nitrogens with one attached hydrogen (secondary N) is 2. The van der Waals surface area contributed by atoms with Crippen molar-refractivity contribution in [3.05, 3.63) is 16.7 Å². The van der Waals surface area contributed by atoms with Crippen LogP contribution in [-0.4, -0.2) is 35.0 Å². The molecule has 2 N–H and O–H groups in total. The van der Waals surface area contributed by atoms with Gasteiger partial charge < -0.3 is 4.98 Å². The minimum atomic E-state index is -0.283. The molecule has 3 aromatic rings. The summed E-state index contributed by atoms with van der Waals surface area (Å²) in [6.45, 7) is 0. The van der Waals surface area contributed by atoms with Crippen molar-refractivity contribution < 1.29 is 0 Å². The molecule has 0 bridgehead atoms. The van der Waals surface area contributed by atoms with Crippen LogP contribution in [0.3, 0.4) is 0 Å². The minimum absolute atomic E-state index is 0.282. The first-order chi connectivity index (χ1) is 6.36. The molecule has 8 nitrogen and oxygen atoms in total. The van der Waals surface area contributed by atoms with Crippen molar-refractivity contribution in [1.29, 1.82) is 0 Å². The Balaban J connectivity index is 2.79. The summed E-state index contributed by atoms with van der Waals surface area (Å²) in [7, 11) is 0. The topological polar surface area (TPSA) is 105 Å². The van der Waals surface area contributed by atoms with Crippen LogP contribution in [0, 0.1) is 0 Å². The molecule has 0 saturated heterocycles. The number of imidazole rings is 1. The zero-order valence-electron chi connectivity index (χ0n) is 6.22. The number of aromatic amines is 2. The zero-order valence-corrected chi connectivity index (χ0v) is 6.22. The molecule has 3 heterocycles. The van der Waals surface area contributed by atoms with E-state index in [9.17, 15) is 4.79 Å². The third-order valence-electron chi connectivity index (χ3n) is 1.74. The second-order valence-corrected chi connectivity index (χ2v) is 2.47. The molecule has 0 aliphatic carbocycles. The van der Waals surface area contributed by atoms with Crippen LogP contribution < -0.4 is 5.56 Å². The quantitative estimate of drug-likeness (QED) is 0.443. The zero-order chi connectivity index (χ0) is 8.84. The minimum Gasteiger partial charge on any atom is -0.339 e. The number of fused-ring (bicyclic) bond motifs is 3. The molecular weight excluding hydrogens is 174 g/mol. The number of tetrazole rings is 1. The molecule has 0 spiro atoms. The lowest BCUT2D eigenvalue weighted by Gasteiger charge is -1.89. The van der Waals surface area contributed by atoms with Gasteiger partial charge in [0.1, 0.15) is 0 Å². The fourth-order valence-electron chi connectivity index (χ4n) is 1.19. The maximum atomic E-state index is 11.3. The van der Waals surface area contributed by atoms with E-state index in [2.05, 4.69) is 30.5 Å². The lowest BCUT2D eigenvalue weighted by Crippen LogP contribution is -2.10. The Morgan fingerprint density at radius 2 is 2.38 bits per heavy atom. The van der Waals surface area contributed by atoms with Crippen molar-refractivity contribution in [1.82, 2.24) is 35.0 Å². The van der Waals surface area contributed by atoms with Crippen molar-refractivity contribution in [2.75, 3.05) is 0 Å². The smallest absolute Gasteiger partial charge is 0.278 e. The monoisotopic (exact) mass is 177 g/mol. The number of aromatic nitrogens is 7. The summed E-state index contributed by atoms with van der Waals surface area (Å²) in [6.07, 6.45) is 1.42. The van der Waals surface area contributed by atoms with Crippen LogP contribution in [-0.2, 0) is 0 Å². The highest BCUT2D eigenvalue weighted by Crippen LogP contribution is 2.01. The number of H-pyrrole nitrogens is 2. The maximum absolute atomic E-state index is 11.3. The van der Waals surface area contributed by atoms with Crippen LogP contribution in [0.2, 0.25) is 0 Å². The van der Waals surface area contributed by atoms with Crippen LogP contribution in [0.25, 0.3) is 16.9 Å². The van der Waals surface area contributed by atoms with Crippen LogP contribution >= 0.6 is 0 Å². The van der Waals surface area contributed by atoms with E-state index >= 15 is 0 Å². The summed E-state index contributed by atoms with van der Waals surface area (Å²) >= 11 is 0. The second-order valence-electron chi connectivity index (χ2n) is 2.47. The Morgan fingerprint density at radius 3 is 3.31 bits per heavy atom. The summed E-state index contributed by atoms with van der Waals surface area (Å²) in [6, 6.07) is 0. The summed E-state index contributed by atoms with van der Waals surface area (Å²) < 4.78 is 1.35. The van der Waals surface area contributed by atoms with Gasteiger partial charge in [0.2, 0.25) is 0 Å². The van der Waals surface area contributed by atoms with Gasteiger partial charge in [0.05, 0.1) is 6.33 Å². The average molecular weight is 177 g/mol. The molecule has 8 heteroatoms. The van der Waals surface area contributed by atoms with E-state index < -0.39 is 0 Å². The highest BCUT2D eigenvalue weighted by atomic mass is 16.1. The molecule has 0 amide bonds. The highest BCUT2D eigenvalue weighted by molar-refractivity contribution is 5.70. The molecule has 0 saturated carbocycles. The fraction of sp³-hybridized carbons (Fsp3) is 0. The average Bonchev–Trinajstić information content (AvgIpc) is 2.66. The van der Waals surface area contributed by atoms with Crippen molar-refractivity contribution in [3.8, 4) is 0 Å². The summed E-state index contributed by atoms with van der Waals surface area (Å²) in [4.78, 5) is 20.4. The molecule has 0 unspecified atom stereocenters. The molecule has 0 radical (unpaired) electrons. The first kappa shape index (κ1) is 6.29. The number of nitrogens with zero attached hydrogens (tertiary/aromatic N) is 5. The van der Waals surface area contributed by atoms with E-state index in [-0.39, 0.29) is 11.3 Å². The molecule has 64 valence electrons. The Bertz CT molecular complexity index is 631. The normalized spacial score (nSPS) is 11.4. The van der Waals surface area contributed by atoms with Gasteiger partial charge in [0.15, 0.2) is 11.2 Å². The number of hydrogen-bond donors (Lipinski definition) is 2. The first-order valence-electron chi connectivity index (χ1n) is 3.50. The van der Waals surface area contributed by atoms with Crippen LogP contribution in [0.4, 0.5) is 0 Å². The van der Waals surface area contributed by atoms with Gasteiger partial charge in [-0.2, -0.15) is 4.52 Å². The predicted octanol–water partition coefficient (Wildman–Crippen LogP) is -1.31. The molecule has 0 aliphatic rings. The summed E-state index contributed by atoms with van der Waals surface area (Å²) in [5.74, 6) is 0.282. The summed E-state index contributed by atoms with van der Waals surface area (Å²) in [5.41, 5.74) is 0.498. The van der Waals surface area contributed by atoms with E-state index in [1.807, 2.05) is 0 Å². The van der Waals surface area contributed by atoms with Crippen LogP contribution in [0.15, 0.2) is 11.1 Å². The third-order valence-corrected chi connectivity index (χ3v) is 1.74. The van der Waals surface area contributed by atoms with Gasteiger partial charge in [-0.3, -0.25) is 9.78 Å². The Kier molecular flexibility index (Phi) is 0.925. The van der Waals surface area contributed by atoms with Crippen molar-refractivity contribution in [2.45, 2.75) is 0 Å². The van der Waals surface area contributed by atoms with E-state index in [0.717, 1.165) is 0 Å². The Labute approximate surface area is 69.6 Å².